The molecule has 0 unspecified atom stereocenters. The highest BCUT2D eigenvalue weighted by atomic mass is 35.6. The zero-order valence-corrected chi connectivity index (χ0v) is 9.77. The van der Waals surface area contributed by atoms with Gasteiger partial charge < -0.3 is 5.73 Å². The van der Waals surface area contributed by atoms with Gasteiger partial charge in [0, 0.05) is 17.3 Å². The monoisotopic (exact) mass is 264 g/mol. The van der Waals surface area contributed by atoms with Crippen molar-refractivity contribution in [2.75, 3.05) is 5.73 Å². The Labute approximate surface area is 102 Å². The smallest absolute Gasteiger partial charge is 0.253 e. The van der Waals surface area contributed by atoms with E-state index in [9.17, 15) is 4.79 Å². The zero-order valence-electron chi connectivity index (χ0n) is 7.51. The summed E-state index contributed by atoms with van der Waals surface area (Å²) in [5.74, 6) is -0.544. The van der Waals surface area contributed by atoms with Crippen LogP contribution in [-0.4, -0.2) is 14.6 Å². The second-order valence-corrected chi connectivity index (χ2v) is 5.02. The molecule has 15 heavy (non-hydrogen) atoms. The van der Waals surface area contributed by atoms with E-state index in [2.05, 4.69) is 11.6 Å². The number of nitrogen functional groups attached to an aromatic ring is 1. The number of hydrogen-bond acceptors (Lipinski definition) is 3. The van der Waals surface area contributed by atoms with Crippen LogP contribution in [0.1, 0.15) is 5.56 Å². The molecule has 2 N–H and O–H groups in total. The number of alkyl halides is 3. The molecule has 1 aromatic heterocycles. The summed E-state index contributed by atoms with van der Waals surface area (Å²) in [6, 6.07) is 3.20. The standard InChI is InChI=1S/C9H7Cl3N2O/c1-5(7(15)9(10,11)12)6-3-2-4-14-8(6)13/h2-4H,1H2,(H2,13,14). The number of halogens is 3. The molecule has 0 spiro atoms. The van der Waals surface area contributed by atoms with Crippen LogP contribution in [0.4, 0.5) is 5.82 Å². The molecule has 0 bridgehead atoms. The first-order valence-electron chi connectivity index (χ1n) is 3.85. The number of pyridine rings is 1. The topological polar surface area (TPSA) is 56.0 Å². The molecule has 0 aliphatic carbocycles. The Morgan fingerprint density at radius 2 is 2.07 bits per heavy atom. The molecule has 0 saturated carbocycles. The van der Waals surface area contributed by atoms with Gasteiger partial charge >= 0.3 is 0 Å². The fraction of sp³-hybridized carbons (Fsp3) is 0.111. The number of hydrogen-bond donors (Lipinski definition) is 1. The van der Waals surface area contributed by atoms with E-state index >= 15 is 0 Å². The molecule has 3 nitrogen and oxygen atoms in total. The molecule has 1 rings (SSSR count). The molecule has 0 aromatic carbocycles. The molecule has 80 valence electrons. The molecule has 0 amide bonds. The van der Waals surface area contributed by atoms with Gasteiger partial charge in [-0.05, 0) is 12.1 Å². The predicted molar refractivity (Wildman–Crippen MR) is 63.0 cm³/mol. The van der Waals surface area contributed by atoms with Gasteiger partial charge in [-0.15, -0.1) is 0 Å². The van der Waals surface area contributed by atoms with Gasteiger partial charge in [-0.1, -0.05) is 41.4 Å². The first-order chi connectivity index (χ1) is 6.84. The fourth-order valence-corrected chi connectivity index (χ4v) is 1.31. The summed E-state index contributed by atoms with van der Waals surface area (Å²) >= 11 is 16.3. The van der Waals surface area contributed by atoms with Crippen LogP contribution in [0.15, 0.2) is 24.9 Å². The Morgan fingerprint density at radius 3 is 2.53 bits per heavy atom. The molecule has 0 fully saturated rings. The van der Waals surface area contributed by atoms with Crippen molar-refractivity contribution >= 4 is 52.0 Å². The Hall–Kier alpha value is -0.770. The van der Waals surface area contributed by atoms with Crippen LogP contribution < -0.4 is 5.73 Å². The van der Waals surface area contributed by atoms with Gasteiger partial charge in [-0.2, -0.15) is 0 Å². The minimum atomic E-state index is -2.03. The Bertz CT molecular complexity index is 412. The molecule has 0 saturated heterocycles. The van der Waals surface area contributed by atoms with E-state index in [4.69, 9.17) is 40.5 Å². The van der Waals surface area contributed by atoms with Crippen molar-refractivity contribution in [1.29, 1.82) is 0 Å². The van der Waals surface area contributed by atoms with Crippen LogP contribution in [0.25, 0.3) is 5.57 Å². The third kappa shape index (κ3) is 2.84. The fourth-order valence-electron chi connectivity index (χ4n) is 0.966. The third-order valence-corrected chi connectivity index (χ3v) is 2.21. The van der Waals surface area contributed by atoms with E-state index in [1.807, 2.05) is 0 Å². The van der Waals surface area contributed by atoms with E-state index in [-0.39, 0.29) is 11.4 Å². The number of nitrogens with two attached hydrogens (primary N) is 1. The maximum Gasteiger partial charge on any atom is 0.253 e. The number of Topliss-reactive ketones (excluding diaryl/α,β-unsaturated/α-hetero) is 1. The lowest BCUT2D eigenvalue weighted by atomic mass is 10.1. The number of aromatic nitrogens is 1. The highest BCUT2D eigenvalue weighted by molar-refractivity contribution is 6.79. The first-order valence-corrected chi connectivity index (χ1v) is 4.98. The number of ketones is 1. The van der Waals surface area contributed by atoms with Crippen molar-refractivity contribution in [2.24, 2.45) is 0 Å². The van der Waals surface area contributed by atoms with E-state index in [0.717, 1.165) is 0 Å². The van der Waals surface area contributed by atoms with Crippen LogP contribution in [0, 0.1) is 0 Å². The van der Waals surface area contributed by atoms with Gasteiger partial charge in [-0.25, -0.2) is 4.98 Å². The third-order valence-electron chi connectivity index (χ3n) is 1.70. The van der Waals surface area contributed by atoms with Gasteiger partial charge in [0.15, 0.2) is 0 Å². The van der Waals surface area contributed by atoms with Crippen molar-refractivity contribution in [1.82, 2.24) is 4.98 Å². The minimum absolute atomic E-state index is 0.0283. The summed E-state index contributed by atoms with van der Waals surface area (Å²) in [5, 5.41) is 0. The van der Waals surface area contributed by atoms with Gasteiger partial charge in [0.1, 0.15) is 5.82 Å². The summed E-state index contributed by atoms with van der Waals surface area (Å²) in [7, 11) is 0. The van der Waals surface area contributed by atoms with E-state index in [1.54, 1.807) is 12.1 Å². The minimum Gasteiger partial charge on any atom is -0.383 e. The molecule has 1 aromatic rings. The SMILES string of the molecule is C=C(C(=O)C(Cl)(Cl)Cl)c1cccnc1N. The Balaban J connectivity index is 3.07. The number of anilines is 1. The molecule has 0 aliphatic rings. The molecule has 0 radical (unpaired) electrons. The number of nitrogens with zero attached hydrogens (tertiary/aromatic N) is 1. The van der Waals surface area contributed by atoms with E-state index < -0.39 is 9.58 Å². The predicted octanol–water partition coefficient (Wildman–Crippen LogP) is 2.62. The van der Waals surface area contributed by atoms with Gasteiger partial charge in [-0.3, -0.25) is 4.79 Å². The summed E-state index contributed by atoms with van der Waals surface area (Å²) < 4.78 is -2.03. The van der Waals surface area contributed by atoms with Crippen LogP contribution >= 0.6 is 34.8 Å². The lowest BCUT2D eigenvalue weighted by molar-refractivity contribution is -0.112. The lowest BCUT2D eigenvalue weighted by Gasteiger charge is -2.12. The van der Waals surface area contributed by atoms with Crippen molar-refractivity contribution < 1.29 is 4.79 Å². The average Bonchev–Trinajstić information content (AvgIpc) is 2.15. The maximum absolute atomic E-state index is 11.5. The van der Waals surface area contributed by atoms with Crippen LogP contribution in [-0.2, 0) is 4.79 Å². The Morgan fingerprint density at radius 1 is 1.47 bits per heavy atom. The second-order valence-electron chi connectivity index (χ2n) is 2.74. The van der Waals surface area contributed by atoms with E-state index in [0.29, 0.717) is 5.56 Å². The first kappa shape index (κ1) is 12.3. The lowest BCUT2D eigenvalue weighted by Crippen LogP contribution is -2.20. The number of rotatable bonds is 2. The summed E-state index contributed by atoms with van der Waals surface area (Å²) in [4.78, 5) is 15.3. The molecule has 6 heteroatoms. The van der Waals surface area contributed by atoms with Crippen molar-refractivity contribution in [3.63, 3.8) is 0 Å². The number of allylic oxidation sites excluding steroid dienone is 1. The highest BCUT2D eigenvalue weighted by Crippen LogP contribution is 2.33. The largest absolute Gasteiger partial charge is 0.383 e. The second kappa shape index (κ2) is 4.39. The highest BCUT2D eigenvalue weighted by Gasteiger charge is 2.33. The van der Waals surface area contributed by atoms with Crippen molar-refractivity contribution in [2.45, 2.75) is 3.79 Å². The van der Waals surface area contributed by atoms with Gasteiger partial charge in [0.25, 0.3) is 3.79 Å². The Kier molecular flexibility index (Phi) is 3.60. The van der Waals surface area contributed by atoms with Crippen LogP contribution in [0.3, 0.4) is 0 Å². The normalized spacial score (nSPS) is 11.1. The summed E-state index contributed by atoms with van der Waals surface area (Å²) in [5.41, 5.74) is 5.95. The van der Waals surface area contributed by atoms with Crippen LogP contribution in [0.2, 0.25) is 0 Å². The zero-order chi connectivity index (χ0) is 11.6. The van der Waals surface area contributed by atoms with E-state index in [1.165, 1.54) is 6.20 Å². The molecular weight excluding hydrogens is 258 g/mol. The maximum atomic E-state index is 11.5. The summed E-state index contributed by atoms with van der Waals surface area (Å²) in [6.07, 6.45) is 1.49. The van der Waals surface area contributed by atoms with Crippen molar-refractivity contribution in [3.8, 4) is 0 Å². The number of carbonyl (C=O) groups excluding carboxylic acids is 1. The molecule has 0 aliphatic heterocycles. The van der Waals surface area contributed by atoms with Gasteiger partial charge in [0.2, 0.25) is 5.78 Å². The quantitative estimate of drug-likeness (QED) is 0.660. The van der Waals surface area contributed by atoms with Gasteiger partial charge in [0.05, 0.1) is 0 Å². The molecular formula is C9H7Cl3N2O. The number of carbonyl (C=O) groups is 1. The molecule has 1 heterocycles. The molecule has 0 atom stereocenters. The van der Waals surface area contributed by atoms with Crippen molar-refractivity contribution in [3.05, 3.63) is 30.5 Å². The van der Waals surface area contributed by atoms with Crippen LogP contribution in [0.5, 0.6) is 0 Å². The average molecular weight is 266 g/mol. The summed E-state index contributed by atoms with van der Waals surface area (Å²) in [6.45, 7) is 3.53.